The molecule has 0 saturated heterocycles. The molecule has 3 aromatic rings. The van der Waals surface area contributed by atoms with Gasteiger partial charge in [-0.2, -0.15) is 0 Å². The van der Waals surface area contributed by atoms with Crippen LogP contribution in [0.5, 0.6) is 5.75 Å². The molecule has 7 rings (SSSR count). The van der Waals surface area contributed by atoms with Crippen LogP contribution in [0.4, 0.5) is 27.1 Å². The number of rotatable bonds is 16. The van der Waals surface area contributed by atoms with Crippen LogP contribution in [0.25, 0.3) is 0 Å². The number of sulfone groups is 1. The van der Waals surface area contributed by atoms with Crippen LogP contribution >= 0.6 is 19.2 Å². The van der Waals surface area contributed by atoms with Crippen molar-refractivity contribution < 1.29 is 85.0 Å². The van der Waals surface area contributed by atoms with Crippen molar-refractivity contribution in [2.24, 2.45) is 5.92 Å². The van der Waals surface area contributed by atoms with E-state index in [9.17, 15) is 65.8 Å². The fraction of sp³-hybridized carbons (Fsp3) is 0.412. The molecule has 420 valence electrons. The lowest BCUT2D eigenvalue weighted by molar-refractivity contribution is -0.385. The summed E-state index contributed by atoms with van der Waals surface area (Å²) >= 11 is 5.76. The molecule has 0 radical (unpaired) electrons. The molecule has 4 aliphatic rings. The van der Waals surface area contributed by atoms with Gasteiger partial charge in [0.05, 0.1) is 64.5 Å². The fourth-order valence-corrected chi connectivity index (χ4v) is 9.86. The molecule has 1 saturated carbocycles. The van der Waals surface area contributed by atoms with Crippen LogP contribution in [0.1, 0.15) is 80.3 Å². The first-order valence-electron chi connectivity index (χ1n) is 23.9. The summed E-state index contributed by atoms with van der Waals surface area (Å²) in [6.45, 7) is 5.86. The second-order valence-electron chi connectivity index (χ2n) is 17.9. The first kappa shape index (κ1) is 63.5. The molecule has 2 aliphatic carbocycles. The number of hydrogen-bond acceptors (Lipinski definition) is 16. The summed E-state index contributed by atoms with van der Waals surface area (Å²) < 4.78 is 58.1. The van der Waals surface area contributed by atoms with Gasteiger partial charge in [0.25, 0.3) is 23.4 Å². The number of terminal acetylenes is 1. The van der Waals surface area contributed by atoms with Crippen molar-refractivity contribution in [2.75, 3.05) is 66.5 Å². The van der Waals surface area contributed by atoms with Gasteiger partial charge in [-0.15, -0.1) is 18.0 Å². The van der Waals surface area contributed by atoms with Gasteiger partial charge in [-0.25, -0.2) is 17.7 Å². The number of amides is 4. The Morgan fingerprint density at radius 2 is 1.63 bits per heavy atom. The highest BCUT2D eigenvalue weighted by atomic mass is 35.5. The van der Waals surface area contributed by atoms with E-state index < -0.39 is 93.3 Å². The molecule has 0 aromatic heterocycles. The van der Waals surface area contributed by atoms with Crippen molar-refractivity contribution in [3.05, 3.63) is 92.3 Å². The van der Waals surface area contributed by atoms with Crippen LogP contribution < -0.4 is 24.8 Å². The Balaban J connectivity index is 0.000000235. The zero-order valence-electron chi connectivity index (χ0n) is 43.1. The van der Waals surface area contributed by atoms with Crippen molar-refractivity contribution in [1.82, 2.24) is 5.32 Å². The van der Waals surface area contributed by atoms with Gasteiger partial charge in [-0.05, 0) is 81.7 Å². The van der Waals surface area contributed by atoms with Crippen molar-refractivity contribution >= 4 is 98.7 Å². The monoisotopic (exact) mass is 1150 g/mol. The highest BCUT2D eigenvalue weighted by Crippen LogP contribution is 2.42. The zero-order chi connectivity index (χ0) is 58.4. The van der Waals surface area contributed by atoms with Crippen LogP contribution in [-0.4, -0.2) is 133 Å². The molecule has 1 unspecified atom stereocenters. The number of hydrogen-bond donors (Lipinski definition) is 4. The van der Waals surface area contributed by atoms with Gasteiger partial charge in [-0.3, -0.25) is 63.3 Å². The Labute approximate surface area is 453 Å². The maximum atomic E-state index is 14.7. The standard InChI is InChI=1S/C19H15FN2O4.C15H22ClNO2.C14H13NO7S.C3H8NO5P/c1-2-7-21-15-9-14(13(20)8-16(15)26-10-17(21)23)22-18(24)11-5-3-4-6-12(11)19(22)25;1-5-13-8-6-7-11(2)15(13)17(14(18)9-16)12(3)10-19-4;1-23(21,22)8-5-6-9(10(7-8)15(19)20)14(18)13-11(16)3-2-4-12(13)17;5-3(6)1-4-2-10(7,8)9/h1,8-9H,3-7,10H2;6-8,12H,5,9-10H2,1-4H3;5-7,13H,2-4H2,1H3;4H,1-2H2,(H,5,6)(H2,7,8,9). The summed E-state index contributed by atoms with van der Waals surface area (Å²) in [5, 5.41) is 21.2. The number of carbonyl (C=O) groups is 8. The second-order valence-corrected chi connectivity index (χ2v) is 21.9. The number of ketones is 3. The molecular formula is C51H58ClFN5O18PS. The maximum Gasteiger partial charge on any atom is 0.339 e. The first-order chi connectivity index (χ1) is 36.6. The molecule has 1 fully saturated rings. The number of imide groups is 1. The summed E-state index contributed by atoms with van der Waals surface area (Å²) in [7, 11) is -6.16. The molecule has 0 bridgehead atoms. The van der Waals surface area contributed by atoms with Gasteiger partial charge in [-0.1, -0.05) is 31.0 Å². The van der Waals surface area contributed by atoms with E-state index in [4.69, 9.17) is 42.4 Å². The van der Waals surface area contributed by atoms with Gasteiger partial charge in [0.15, 0.2) is 39.6 Å². The van der Waals surface area contributed by atoms with Gasteiger partial charge in [0.2, 0.25) is 5.91 Å². The number of aryl methyl sites for hydroxylation is 2. The van der Waals surface area contributed by atoms with Gasteiger partial charge >= 0.3 is 13.6 Å². The van der Waals surface area contributed by atoms with Crippen molar-refractivity contribution in [3.8, 4) is 18.1 Å². The number of Topliss-reactive ketones (excluding diaryl/α,β-unsaturated/α-hetero) is 3. The number of nitrogens with one attached hydrogen (secondary N) is 1. The molecule has 1 atom stereocenters. The Kier molecular flexibility index (Phi) is 22.8. The van der Waals surface area contributed by atoms with E-state index in [2.05, 4.69) is 24.2 Å². The van der Waals surface area contributed by atoms with E-state index >= 15 is 0 Å². The van der Waals surface area contributed by atoms with Crippen LogP contribution in [0.3, 0.4) is 0 Å². The lowest BCUT2D eigenvalue weighted by atomic mass is 9.81. The minimum absolute atomic E-state index is 0.0170. The topological polar surface area (TPSA) is 332 Å². The zero-order valence-corrected chi connectivity index (χ0v) is 45.6. The summed E-state index contributed by atoms with van der Waals surface area (Å²) in [6.07, 6.45) is 9.66. The van der Waals surface area contributed by atoms with Crippen molar-refractivity contribution in [3.63, 3.8) is 0 Å². The van der Waals surface area contributed by atoms with Crippen LogP contribution in [-0.2, 0) is 59.1 Å². The number of alkyl halides is 1. The van der Waals surface area contributed by atoms with Gasteiger partial charge in [0, 0.05) is 49.5 Å². The maximum absolute atomic E-state index is 14.7. The Hall–Kier alpha value is -7.04. The van der Waals surface area contributed by atoms with E-state index in [0.29, 0.717) is 37.0 Å². The summed E-state index contributed by atoms with van der Waals surface area (Å²) in [6, 6.07) is 11.2. The van der Waals surface area contributed by atoms with E-state index in [-0.39, 0.29) is 71.7 Å². The lowest BCUT2D eigenvalue weighted by Crippen LogP contribution is -2.43. The number of halogens is 2. The number of ether oxygens (including phenoxy) is 2. The molecular weight excluding hydrogens is 1090 g/mol. The highest BCUT2D eigenvalue weighted by molar-refractivity contribution is 7.90. The third kappa shape index (κ3) is 16.0. The average molecular weight is 1150 g/mol. The highest BCUT2D eigenvalue weighted by Gasteiger charge is 2.42. The Bertz CT molecular complexity index is 3080. The SMILES string of the molecule is C#CCN1C(=O)COc2cc(F)c(N3C(=O)C4=C(CCCC4)C3=O)cc21.CCc1cccc(C)c1N(C(=O)CCl)C(C)COC.CS(=O)(=O)c1ccc(C(=O)C2C(=O)CCCC2=O)c([N+](=O)[O-])c1.O=C(O)CNCP(=O)(O)O. The smallest absolute Gasteiger partial charge is 0.339 e. The van der Waals surface area contributed by atoms with Crippen LogP contribution in [0.2, 0.25) is 0 Å². The summed E-state index contributed by atoms with van der Waals surface area (Å²) in [5.74, 6) is -4.46. The molecule has 2 aliphatic heterocycles. The minimum atomic E-state index is -4.10. The molecule has 78 heavy (non-hydrogen) atoms. The number of fused-ring (bicyclic) bond motifs is 1. The van der Waals surface area contributed by atoms with E-state index in [1.54, 1.807) is 12.0 Å². The number of carboxylic acids is 1. The Morgan fingerprint density at radius 3 is 2.14 bits per heavy atom. The number of aliphatic carboxylic acids is 1. The quantitative estimate of drug-likeness (QED) is 0.0214. The molecule has 27 heteroatoms. The lowest BCUT2D eigenvalue weighted by Gasteiger charge is -2.31. The van der Waals surface area contributed by atoms with Crippen LogP contribution in [0.15, 0.2) is 64.6 Å². The van der Waals surface area contributed by atoms with Crippen molar-refractivity contribution in [1.29, 1.82) is 0 Å². The third-order valence-electron chi connectivity index (χ3n) is 12.2. The van der Waals surface area contributed by atoms with Gasteiger partial charge < -0.3 is 29.3 Å². The molecule has 0 spiro atoms. The van der Waals surface area contributed by atoms with Gasteiger partial charge in [0.1, 0.15) is 17.5 Å². The number of anilines is 3. The average Bonchev–Trinajstić information content (AvgIpc) is 3.75. The summed E-state index contributed by atoms with van der Waals surface area (Å²) in [4.78, 5) is 126. The number of para-hydroxylation sites is 1. The second kappa shape index (κ2) is 28.0. The molecule has 4 amide bonds. The number of nitro groups is 1. The fourth-order valence-electron chi connectivity index (χ4n) is 8.69. The predicted octanol–water partition coefficient (Wildman–Crippen LogP) is 5.01. The predicted molar refractivity (Wildman–Crippen MR) is 282 cm³/mol. The number of benzene rings is 3. The number of carbonyl (C=O) groups excluding carboxylic acids is 7. The number of methoxy groups -OCH3 is 1. The summed E-state index contributed by atoms with van der Waals surface area (Å²) in [5.41, 5.74) is 3.04. The molecule has 4 N–H and O–H groups in total. The van der Waals surface area contributed by atoms with E-state index in [1.165, 1.54) is 11.0 Å². The normalized spacial score (nSPS) is 15.7. The number of carboxylic acid groups (broad SMARTS) is 1. The van der Waals surface area contributed by atoms with Crippen LogP contribution in [0, 0.1) is 41.1 Å². The van der Waals surface area contributed by atoms with E-state index in [1.807, 2.05) is 26.0 Å². The largest absolute Gasteiger partial charge is 0.481 e. The molecule has 23 nitrogen and oxygen atoms in total. The Morgan fingerprint density at radius 1 is 1.01 bits per heavy atom. The first-order valence-corrected chi connectivity index (χ1v) is 28.2. The number of nitrogens with zero attached hydrogens (tertiary/aromatic N) is 4. The van der Waals surface area contributed by atoms with Crippen molar-refractivity contribution in [2.45, 2.75) is 83.1 Å². The number of nitro benzene ring substituents is 1. The minimum Gasteiger partial charge on any atom is -0.481 e. The molecule has 3 aromatic carbocycles. The third-order valence-corrected chi connectivity index (χ3v) is 14.2. The van der Waals surface area contributed by atoms with E-state index in [0.717, 1.165) is 71.5 Å². The molecule has 2 heterocycles.